The van der Waals surface area contributed by atoms with Crippen LogP contribution in [0.15, 0.2) is 47.4 Å². The van der Waals surface area contributed by atoms with E-state index < -0.39 is 0 Å². The number of halogens is 1. The highest BCUT2D eigenvalue weighted by Gasteiger charge is 2.31. The predicted molar refractivity (Wildman–Crippen MR) is 88.0 cm³/mol. The number of anilines is 1. The SMILES string of the molecule is O=C1C[C@H](c2ccsc2)c2ncn(-c3ccc(Cl)cc3)c2N1. The molecule has 4 nitrogen and oxygen atoms in total. The summed E-state index contributed by atoms with van der Waals surface area (Å²) in [5, 5.41) is 7.73. The highest BCUT2D eigenvalue weighted by atomic mass is 35.5. The Morgan fingerprint density at radius 3 is 2.82 bits per heavy atom. The van der Waals surface area contributed by atoms with Gasteiger partial charge in [0.15, 0.2) is 0 Å². The number of hydrogen-bond donors (Lipinski definition) is 1. The minimum Gasteiger partial charge on any atom is -0.310 e. The minimum atomic E-state index is 0.0133. The predicted octanol–water partition coefficient (Wildman–Crippen LogP) is 4.06. The number of aromatic nitrogens is 2. The number of nitrogens with zero attached hydrogens (tertiary/aromatic N) is 2. The molecule has 4 rings (SSSR count). The summed E-state index contributed by atoms with van der Waals surface area (Å²) in [6.45, 7) is 0. The number of hydrogen-bond acceptors (Lipinski definition) is 3. The van der Waals surface area contributed by atoms with Crippen LogP contribution in [0.2, 0.25) is 5.02 Å². The number of amides is 1. The Labute approximate surface area is 136 Å². The van der Waals surface area contributed by atoms with E-state index in [0.717, 1.165) is 22.8 Å². The summed E-state index contributed by atoms with van der Waals surface area (Å²) in [6, 6.07) is 9.52. The zero-order chi connectivity index (χ0) is 15.1. The summed E-state index contributed by atoms with van der Waals surface area (Å²) < 4.78 is 1.89. The summed E-state index contributed by atoms with van der Waals surface area (Å²) in [5.74, 6) is 0.776. The lowest BCUT2D eigenvalue weighted by Crippen LogP contribution is -2.24. The van der Waals surface area contributed by atoms with E-state index in [1.54, 1.807) is 17.7 Å². The Morgan fingerprint density at radius 2 is 2.09 bits per heavy atom. The molecule has 1 aromatic carbocycles. The van der Waals surface area contributed by atoms with Crippen molar-refractivity contribution in [1.82, 2.24) is 9.55 Å². The molecule has 0 saturated carbocycles. The van der Waals surface area contributed by atoms with Gasteiger partial charge in [0.25, 0.3) is 0 Å². The summed E-state index contributed by atoms with van der Waals surface area (Å²) in [7, 11) is 0. The molecule has 0 aliphatic carbocycles. The lowest BCUT2D eigenvalue weighted by molar-refractivity contribution is -0.116. The molecule has 0 unspecified atom stereocenters. The molecule has 1 aliphatic rings. The average Bonchev–Trinajstić information content (AvgIpc) is 3.16. The summed E-state index contributed by atoms with van der Waals surface area (Å²) in [4.78, 5) is 16.6. The van der Waals surface area contributed by atoms with Gasteiger partial charge >= 0.3 is 0 Å². The van der Waals surface area contributed by atoms with Crippen molar-refractivity contribution in [3.8, 4) is 5.69 Å². The van der Waals surface area contributed by atoms with Gasteiger partial charge in [-0.3, -0.25) is 9.36 Å². The second kappa shape index (κ2) is 5.26. The smallest absolute Gasteiger partial charge is 0.226 e. The van der Waals surface area contributed by atoms with Crippen molar-refractivity contribution in [2.24, 2.45) is 0 Å². The molecule has 2 aromatic heterocycles. The number of carbonyl (C=O) groups excluding carboxylic acids is 1. The van der Waals surface area contributed by atoms with E-state index in [9.17, 15) is 4.79 Å². The van der Waals surface area contributed by atoms with Gasteiger partial charge in [-0.05, 0) is 46.7 Å². The van der Waals surface area contributed by atoms with Crippen LogP contribution < -0.4 is 5.32 Å². The summed E-state index contributed by atoms with van der Waals surface area (Å²) in [5.41, 5.74) is 2.97. The molecule has 1 atom stereocenters. The highest BCUT2D eigenvalue weighted by molar-refractivity contribution is 7.08. The van der Waals surface area contributed by atoms with Crippen molar-refractivity contribution < 1.29 is 4.79 Å². The van der Waals surface area contributed by atoms with Crippen LogP contribution in [-0.2, 0) is 4.79 Å². The van der Waals surface area contributed by atoms with Gasteiger partial charge < -0.3 is 5.32 Å². The third kappa shape index (κ3) is 2.23. The van der Waals surface area contributed by atoms with E-state index in [0.29, 0.717) is 11.4 Å². The quantitative estimate of drug-likeness (QED) is 0.770. The maximum absolute atomic E-state index is 12.1. The molecule has 0 fully saturated rings. The van der Waals surface area contributed by atoms with E-state index in [1.807, 2.05) is 34.2 Å². The number of thiophene rings is 1. The molecule has 0 saturated heterocycles. The van der Waals surface area contributed by atoms with Gasteiger partial charge in [0.2, 0.25) is 5.91 Å². The summed E-state index contributed by atoms with van der Waals surface area (Å²) in [6.07, 6.45) is 2.18. The molecular formula is C16H12ClN3OS. The number of carbonyl (C=O) groups is 1. The minimum absolute atomic E-state index is 0.0133. The Hall–Kier alpha value is -2.11. The van der Waals surface area contributed by atoms with Gasteiger partial charge in [0.1, 0.15) is 12.1 Å². The molecule has 22 heavy (non-hydrogen) atoms. The van der Waals surface area contributed by atoms with Gasteiger partial charge in [0, 0.05) is 23.0 Å². The Bertz CT molecular complexity index is 824. The van der Waals surface area contributed by atoms with Gasteiger partial charge in [-0.25, -0.2) is 4.98 Å². The molecule has 6 heteroatoms. The van der Waals surface area contributed by atoms with Crippen molar-refractivity contribution in [3.63, 3.8) is 0 Å². The van der Waals surface area contributed by atoms with Gasteiger partial charge in [-0.1, -0.05) is 11.6 Å². The monoisotopic (exact) mass is 329 g/mol. The van der Waals surface area contributed by atoms with Crippen LogP contribution in [0.25, 0.3) is 5.69 Å². The molecule has 0 bridgehead atoms. The number of rotatable bonds is 2. The first-order valence-corrected chi connectivity index (χ1v) is 8.19. The summed E-state index contributed by atoms with van der Waals surface area (Å²) >= 11 is 7.57. The van der Waals surface area contributed by atoms with Gasteiger partial charge in [-0.2, -0.15) is 11.3 Å². The van der Waals surface area contributed by atoms with Gasteiger partial charge in [0.05, 0.1) is 5.69 Å². The first kappa shape index (κ1) is 13.5. The first-order valence-electron chi connectivity index (χ1n) is 6.87. The maximum Gasteiger partial charge on any atom is 0.226 e. The molecule has 1 N–H and O–H groups in total. The molecule has 3 heterocycles. The maximum atomic E-state index is 12.1. The normalized spacial score (nSPS) is 17.1. The van der Waals surface area contributed by atoms with Crippen LogP contribution in [-0.4, -0.2) is 15.5 Å². The number of fused-ring (bicyclic) bond motifs is 1. The zero-order valence-electron chi connectivity index (χ0n) is 11.5. The molecule has 0 spiro atoms. The first-order chi connectivity index (χ1) is 10.7. The standard InChI is InChI=1S/C16H12ClN3OS/c17-11-1-3-12(4-2-11)20-9-18-15-13(10-5-6-22-8-10)7-14(21)19-16(15)20/h1-6,8-9,13H,7H2,(H,19,21)/t13-/m1/s1. The molecule has 1 aliphatic heterocycles. The van der Waals surface area contributed by atoms with E-state index in [1.165, 1.54) is 0 Å². The van der Waals surface area contributed by atoms with E-state index in [4.69, 9.17) is 11.6 Å². The Morgan fingerprint density at radius 1 is 1.27 bits per heavy atom. The van der Waals surface area contributed by atoms with E-state index in [-0.39, 0.29) is 11.8 Å². The van der Waals surface area contributed by atoms with Crippen LogP contribution in [0.1, 0.15) is 23.6 Å². The zero-order valence-corrected chi connectivity index (χ0v) is 13.1. The number of nitrogens with one attached hydrogen (secondary N) is 1. The lowest BCUT2D eigenvalue weighted by atomic mass is 9.92. The van der Waals surface area contributed by atoms with Crippen LogP contribution in [0, 0.1) is 0 Å². The van der Waals surface area contributed by atoms with Crippen molar-refractivity contribution in [1.29, 1.82) is 0 Å². The van der Waals surface area contributed by atoms with Crippen molar-refractivity contribution in [3.05, 3.63) is 63.7 Å². The van der Waals surface area contributed by atoms with Crippen LogP contribution in [0.4, 0.5) is 5.82 Å². The van der Waals surface area contributed by atoms with E-state index in [2.05, 4.69) is 21.7 Å². The molecule has 3 aromatic rings. The Balaban J connectivity index is 1.82. The van der Waals surface area contributed by atoms with Crippen LogP contribution in [0.3, 0.4) is 0 Å². The van der Waals surface area contributed by atoms with Crippen molar-refractivity contribution >= 4 is 34.7 Å². The third-order valence-electron chi connectivity index (χ3n) is 3.82. The fourth-order valence-corrected chi connectivity index (χ4v) is 3.59. The second-order valence-electron chi connectivity index (χ2n) is 5.19. The third-order valence-corrected chi connectivity index (χ3v) is 4.78. The Kier molecular flexibility index (Phi) is 3.24. The van der Waals surface area contributed by atoms with Crippen molar-refractivity contribution in [2.75, 3.05) is 5.32 Å². The fraction of sp³-hybridized carbons (Fsp3) is 0.125. The fourth-order valence-electron chi connectivity index (χ4n) is 2.75. The molecule has 0 radical (unpaired) electrons. The van der Waals surface area contributed by atoms with E-state index >= 15 is 0 Å². The van der Waals surface area contributed by atoms with Gasteiger partial charge in [-0.15, -0.1) is 0 Å². The largest absolute Gasteiger partial charge is 0.310 e. The molecule has 1 amide bonds. The lowest BCUT2D eigenvalue weighted by Gasteiger charge is -2.22. The number of benzene rings is 1. The number of imidazole rings is 1. The highest BCUT2D eigenvalue weighted by Crippen LogP contribution is 2.37. The van der Waals surface area contributed by atoms with Crippen LogP contribution >= 0.6 is 22.9 Å². The average molecular weight is 330 g/mol. The molecular weight excluding hydrogens is 318 g/mol. The second-order valence-corrected chi connectivity index (χ2v) is 6.40. The van der Waals surface area contributed by atoms with Crippen LogP contribution in [0.5, 0.6) is 0 Å². The molecule has 110 valence electrons. The van der Waals surface area contributed by atoms with Crippen molar-refractivity contribution in [2.45, 2.75) is 12.3 Å². The topological polar surface area (TPSA) is 46.9 Å².